The zero-order valence-electron chi connectivity index (χ0n) is 54.4. The molecule has 0 radical (unpaired) electrons. The van der Waals surface area contributed by atoms with Gasteiger partial charge in [-0.3, -0.25) is 14.6 Å². The minimum atomic E-state index is -1.16. The van der Waals surface area contributed by atoms with Crippen molar-refractivity contribution in [3.8, 4) is 11.1 Å². The standard InChI is InChI=1S/C65H103FIN9O11/c1-17-52(63(8,9)32-53(68)77)86-60(80)41(6)54(51-31-64(10,82-15)58(79)42(7)85-51)40(5)59(65(11,83-16)30-38(3)55-37(2)28-45-20-18-19-21-48(45)71-55)87-61-56(78)49(29-39(4)84-61)75(13)27-26-47-36-76(74-73-47)50(33-66)57(81-14)44-24-22-43(23-25-44)46-34-69-62(70-35-46)72-67-12/h22-25,34-42,45,48-52,54,56-59,61,78-79H,12,17-21,26-33H2,1-11,13-16H3,(H2,68,77)(H,69,70,72)/t37-,38-,39-,40+,41-,42+,45-,48-,49+,50-,51-,52-,54?,56-,57-,58+,59-,61+,64-,65-/m1/s1. The number of fused-ring (bicyclic) bond motifs is 1. The number of anilines is 1. The fourth-order valence-corrected chi connectivity index (χ4v) is 15.6. The third-order valence-corrected chi connectivity index (χ3v) is 20.8. The van der Waals surface area contributed by atoms with Gasteiger partial charge in [0.15, 0.2) is 6.29 Å². The molecule has 1 unspecified atom stereocenters. The van der Waals surface area contributed by atoms with E-state index in [0.717, 1.165) is 29.5 Å². The number of amides is 1. The molecule has 3 aliphatic heterocycles. The van der Waals surface area contributed by atoms with E-state index in [1.165, 1.54) is 29.7 Å². The van der Waals surface area contributed by atoms with Crippen molar-refractivity contribution < 1.29 is 57.4 Å². The summed E-state index contributed by atoms with van der Waals surface area (Å²) in [6.07, 6.45) is 5.97. The van der Waals surface area contributed by atoms with Crippen LogP contribution in [-0.4, -0.2) is 176 Å². The van der Waals surface area contributed by atoms with Gasteiger partial charge in [-0.15, -0.1) is 5.10 Å². The van der Waals surface area contributed by atoms with E-state index in [4.69, 9.17) is 43.9 Å². The van der Waals surface area contributed by atoms with Crippen LogP contribution in [0.15, 0.2) is 47.8 Å². The van der Waals surface area contributed by atoms with E-state index < -0.39 is 135 Å². The van der Waals surface area contributed by atoms with Crippen LogP contribution in [0.4, 0.5) is 10.3 Å². The van der Waals surface area contributed by atoms with E-state index in [0.29, 0.717) is 55.8 Å². The number of likely N-dealkylation sites (N-methyl/N-ethyl adjacent to an activating group) is 1. The number of ether oxygens (including phenoxy) is 7. The first-order valence-corrected chi connectivity index (χ1v) is 34.1. The van der Waals surface area contributed by atoms with Gasteiger partial charge in [-0.05, 0) is 134 Å². The number of methoxy groups -OCH3 is 3. The second kappa shape index (κ2) is 30.9. The summed E-state index contributed by atoms with van der Waals surface area (Å²) in [5.74, 6) is -1.69. The van der Waals surface area contributed by atoms with E-state index in [2.05, 4.69) is 47.1 Å². The third-order valence-electron chi connectivity index (χ3n) is 20.0. The second-order valence-electron chi connectivity index (χ2n) is 26.8. The zero-order valence-corrected chi connectivity index (χ0v) is 56.5. The third kappa shape index (κ3) is 16.8. The molecule has 22 heteroatoms. The van der Waals surface area contributed by atoms with Crippen molar-refractivity contribution in [2.24, 2.45) is 51.6 Å². The SMILES string of the molecule is C=INc1ncc(-c2ccc([C@@H](OC)[C@@H](CF)n3cc(CCN(C)[C@H]4C[C@@H](C)O[C@@H](O[C@H]([C@@H](C)C([C@H]5C[C@@](C)(OC)[C@@H](O)[C@H](C)O5)[C@@H](C)C(=O)O[C@H](CC)C(C)(C)CC(N)=O)[C@@](C)(C[C@@H](C)C5=N[C@@H]6CCCC[C@@H]6C[C@H]5C)OC)[C@@H]4O)nn3)cc2)cn1. The van der Waals surface area contributed by atoms with Crippen LogP contribution < -0.4 is 9.26 Å². The number of alkyl halides is 1. The number of aliphatic imine (C=N–C) groups is 1. The topological polar surface area (TPSA) is 249 Å². The number of carbonyl (C=O) groups excluding carboxylic acids is 2. The van der Waals surface area contributed by atoms with Crippen LogP contribution in [0.5, 0.6) is 0 Å². The number of primary amides is 1. The Kier molecular flexibility index (Phi) is 25.0. The fourth-order valence-electron chi connectivity index (χ4n) is 14.9. The van der Waals surface area contributed by atoms with E-state index in [-0.39, 0.29) is 30.8 Å². The maximum Gasteiger partial charge on any atom is 0.309 e. The first-order chi connectivity index (χ1) is 41.2. The Morgan fingerprint density at radius 2 is 1.71 bits per heavy atom. The van der Waals surface area contributed by atoms with Crippen molar-refractivity contribution in [3.63, 3.8) is 0 Å². The maximum atomic E-state index is 15.1. The second-order valence-corrected chi connectivity index (χ2v) is 28.1. The highest BCUT2D eigenvalue weighted by atomic mass is 127. The molecule has 5 heterocycles. The Morgan fingerprint density at radius 3 is 2.33 bits per heavy atom. The highest BCUT2D eigenvalue weighted by Crippen LogP contribution is 2.47. The Hall–Kier alpha value is -3.98. The van der Waals surface area contributed by atoms with E-state index in [1.807, 2.05) is 93.6 Å². The quantitative estimate of drug-likeness (QED) is 0.0275. The lowest BCUT2D eigenvalue weighted by Gasteiger charge is -2.52. The van der Waals surface area contributed by atoms with Crippen molar-refractivity contribution in [2.45, 2.75) is 231 Å². The first kappa shape index (κ1) is 70.5. The number of nitrogens with one attached hydrogen (secondary N) is 1. The molecule has 1 aromatic carbocycles. The van der Waals surface area contributed by atoms with Crippen molar-refractivity contribution in [2.75, 3.05) is 45.1 Å². The van der Waals surface area contributed by atoms with Crippen LogP contribution in [0.1, 0.15) is 164 Å². The van der Waals surface area contributed by atoms with Crippen LogP contribution in [0.25, 0.3) is 11.1 Å². The molecule has 87 heavy (non-hydrogen) atoms. The number of halogens is 2. The molecule has 3 fully saturated rings. The van der Waals surface area contributed by atoms with E-state index in [9.17, 15) is 15.0 Å². The summed E-state index contributed by atoms with van der Waals surface area (Å²) in [4.78, 5) is 43.7. The molecular formula is C65H103FIN9O11. The van der Waals surface area contributed by atoms with Crippen LogP contribution >= 0.6 is 21.0 Å². The number of aliphatic hydroxyl groups is 2. The lowest BCUT2D eigenvalue weighted by molar-refractivity contribution is -0.304. The van der Waals surface area contributed by atoms with Crippen LogP contribution in [0.2, 0.25) is 0 Å². The summed E-state index contributed by atoms with van der Waals surface area (Å²) < 4.78 is 69.9. The first-order valence-electron chi connectivity index (χ1n) is 31.5. The van der Waals surface area contributed by atoms with Gasteiger partial charge in [0.25, 0.3) is 0 Å². The summed E-state index contributed by atoms with van der Waals surface area (Å²) in [5, 5.41) is 33.2. The molecule has 2 saturated heterocycles. The van der Waals surface area contributed by atoms with E-state index >= 15 is 9.18 Å². The van der Waals surface area contributed by atoms with E-state index in [1.54, 1.807) is 39.9 Å². The predicted octanol–water partition coefficient (Wildman–Crippen LogP) is 9.61. The lowest BCUT2D eigenvalue weighted by atomic mass is 9.67. The van der Waals surface area contributed by atoms with Crippen LogP contribution in [0, 0.1) is 40.9 Å². The number of nitrogens with zero attached hydrogens (tertiary/aromatic N) is 7. The number of aliphatic hydroxyl groups excluding tert-OH is 2. The number of rotatable bonds is 30. The van der Waals surface area contributed by atoms with Gasteiger partial charge in [0.1, 0.15) is 37.1 Å². The molecule has 2 aromatic heterocycles. The number of aromatic nitrogens is 5. The van der Waals surface area contributed by atoms with Gasteiger partial charge >= 0.3 is 5.97 Å². The molecule has 3 aromatic rings. The molecule has 0 spiro atoms. The van der Waals surface area contributed by atoms with Crippen molar-refractivity contribution in [1.82, 2.24) is 29.9 Å². The molecule has 7 rings (SSSR count). The molecular weight excluding hydrogens is 1230 g/mol. The van der Waals surface area contributed by atoms with Gasteiger partial charge in [0.2, 0.25) is 11.9 Å². The number of benzene rings is 1. The Balaban J connectivity index is 1.17. The summed E-state index contributed by atoms with van der Waals surface area (Å²) in [5.41, 5.74) is 7.15. The molecule has 1 aliphatic carbocycles. The number of hydrogen-bond donors (Lipinski definition) is 4. The molecule has 4 aliphatic rings. The average Bonchev–Trinajstić information content (AvgIpc) is 1.33. The van der Waals surface area contributed by atoms with Crippen LogP contribution in [0.3, 0.4) is 0 Å². The van der Waals surface area contributed by atoms with Gasteiger partial charge < -0.3 is 57.5 Å². The monoisotopic (exact) mass is 1330 g/mol. The number of nitrogens with two attached hydrogens (primary N) is 1. The number of hydrogen-bond acceptors (Lipinski definition) is 18. The maximum absolute atomic E-state index is 15.1. The molecule has 0 bridgehead atoms. The van der Waals surface area contributed by atoms with Gasteiger partial charge in [-0.1, -0.05) is 90.8 Å². The molecule has 5 N–H and O–H groups in total. The highest BCUT2D eigenvalue weighted by molar-refractivity contribution is 14.2. The van der Waals surface area contributed by atoms with Crippen molar-refractivity contribution in [1.29, 1.82) is 0 Å². The number of esters is 1. The average molecular weight is 1330 g/mol. The minimum Gasteiger partial charge on any atom is -0.462 e. The number of carbonyl (C=O) groups is 2. The molecule has 20 atom stereocenters. The summed E-state index contributed by atoms with van der Waals surface area (Å²) in [7, 11) is 6.77. The Bertz CT molecular complexity index is 2730. The zero-order chi connectivity index (χ0) is 63.7. The Labute approximate surface area is 526 Å². The van der Waals surface area contributed by atoms with Crippen LogP contribution in [-0.2, 0) is 49.2 Å². The highest BCUT2D eigenvalue weighted by Gasteiger charge is 2.55. The molecule has 20 nitrogen and oxygen atoms in total. The lowest BCUT2D eigenvalue weighted by Crippen LogP contribution is -2.62. The predicted molar refractivity (Wildman–Crippen MR) is 343 cm³/mol. The molecule has 488 valence electrons. The van der Waals surface area contributed by atoms with Gasteiger partial charge in [-0.25, -0.2) is 19.0 Å². The molecule has 1 saturated carbocycles. The summed E-state index contributed by atoms with van der Waals surface area (Å²) >= 11 is -0.454. The van der Waals surface area contributed by atoms with Gasteiger partial charge in [-0.2, -0.15) is 0 Å². The smallest absolute Gasteiger partial charge is 0.309 e. The Morgan fingerprint density at radius 1 is 1.02 bits per heavy atom. The minimum absolute atomic E-state index is 0.0178. The fraction of sp³-hybridized carbons (Fsp3) is 0.754. The largest absolute Gasteiger partial charge is 0.462 e. The summed E-state index contributed by atoms with van der Waals surface area (Å²) in [6, 6.07) is 6.73. The summed E-state index contributed by atoms with van der Waals surface area (Å²) in [6.45, 7) is 21.4. The van der Waals surface area contributed by atoms with Gasteiger partial charge in [0, 0.05) is 94.4 Å². The van der Waals surface area contributed by atoms with Crippen molar-refractivity contribution in [3.05, 3.63) is 54.1 Å². The van der Waals surface area contributed by atoms with Crippen molar-refractivity contribution >= 4 is 49.1 Å². The van der Waals surface area contributed by atoms with Gasteiger partial charge in [0.05, 0.1) is 53.3 Å². The molecule has 1 amide bonds. The normalized spacial score (nSPS) is 29.7.